The lowest BCUT2D eigenvalue weighted by molar-refractivity contribution is -0.141. The van der Waals surface area contributed by atoms with Crippen molar-refractivity contribution in [3.63, 3.8) is 0 Å². The summed E-state index contributed by atoms with van der Waals surface area (Å²) in [4.78, 5) is 11.6. The van der Waals surface area contributed by atoms with Gasteiger partial charge in [0.15, 0.2) is 11.7 Å². The van der Waals surface area contributed by atoms with Crippen molar-refractivity contribution in [1.29, 1.82) is 0 Å². The molecule has 0 saturated heterocycles. The zero-order valence-electron chi connectivity index (χ0n) is 19.7. The second-order valence-corrected chi connectivity index (χ2v) is 8.43. The van der Waals surface area contributed by atoms with Gasteiger partial charge in [-0.3, -0.25) is 0 Å². The van der Waals surface area contributed by atoms with Crippen LogP contribution in [0.1, 0.15) is 54.9 Å². The molecule has 0 aliphatic carbocycles. The van der Waals surface area contributed by atoms with Crippen LogP contribution in [0.5, 0.6) is 0 Å². The molecule has 6 heteroatoms. The predicted octanol–water partition coefficient (Wildman–Crippen LogP) is 5.82. The monoisotopic (exact) mass is 472 g/mol. The maximum Gasteiger partial charge on any atom is 0.335 e. The summed E-state index contributed by atoms with van der Waals surface area (Å²) in [5.74, 6) is -2.77. The Labute approximate surface area is 200 Å². The number of carbonyl (C=O) groups is 1. The van der Waals surface area contributed by atoms with Crippen LogP contribution < -0.4 is 0 Å². The summed E-state index contributed by atoms with van der Waals surface area (Å²) in [6, 6.07) is 13.4. The number of hydrogen-bond donors (Lipinski definition) is 2. The fourth-order valence-corrected chi connectivity index (χ4v) is 3.43. The van der Waals surface area contributed by atoms with Crippen LogP contribution in [0.3, 0.4) is 0 Å². The summed E-state index contributed by atoms with van der Waals surface area (Å²) < 4.78 is 34.5. The zero-order valence-corrected chi connectivity index (χ0v) is 19.7. The third-order valence-electron chi connectivity index (χ3n) is 5.71. The van der Waals surface area contributed by atoms with E-state index in [0.717, 1.165) is 36.8 Å². The van der Waals surface area contributed by atoms with Gasteiger partial charge in [0.25, 0.3) is 0 Å². The van der Waals surface area contributed by atoms with E-state index in [0.29, 0.717) is 12.8 Å². The molecule has 2 N–H and O–H groups in total. The molecular weight excluding hydrogens is 438 g/mol. The highest BCUT2D eigenvalue weighted by Gasteiger charge is 2.15. The lowest BCUT2D eigenvalue weighted by atomic mass is 9.99. The Hall–Kier alpha value is -2.83. The van der Waals surface area contributed by atoms with E-state index in [1.807, 2.05) is 12.1 Å². The van der Waals surface area contributed by atoms with Crippen molar-refractivity contribution in [2.24, 2.45) is 5.92 Å². The van der Waals surface area contributed by atoms with E-state index in [2.05, 4.69) is 13.5 Å². The quantitative estimate of drug-likeness (QED) is 0.157. The van der Waals surface area contributed by atoms with Crippen molar-refractivity contribution in [3.05, 3.63) is 82.9 Å². The molecule has 2 aromatic rings. The van der Waals surface area contributed by atoms with Crippen LogP contribution in [0.25, 0.3) is 11.7 Å². The van der Waals surface area contributed by atoms with Crippen LogP contribution in [0, 0.1) is 5.92 Å². The minimum atomic E-state index is -0.908. The first-order valence-corrected chi connectivity index (χ1v) is 11.7. The molecule has 0 spiro atoms. The molecule has 0 saturated carbocycles. The maximum atomic E-state index is 14.7. The highest BCUT2D eigenvalue weighted by atomic mass is 19.2. The molecular formula is C28H34F2O4. The third-order valence-corrected chi connectivity index (χ3v) is 5.71. The van der Waals surface area contributed by atoms with Gasteiger partial charge in [-0.1, -0.05) is 74.9 Å². The average molecular weight is 473 g/mol. The number of aliphatic hydroxyl groups is 2. The molecule has 1 atom stereocenters. The van der Waals surface area contributed by atoms with E-state index in [4.69, 9.17) is 9.84 Å². The average Bonchev–Trinajstić information content (AvgIpc) is 2.88. The molecule has 0 aliphatic rings. The first-order valence-electron chi connectivity index (χ1n) is 11.7. The maximum absolute atomic E-state index is 14.7. The highest BCUT2D eigenvalue weighted by molar-refractivity contribution is 5.87. The van der Waals surface area contributed by atoms with Crippen LogP contribution in [-0.4, -0.2) is 36.0 Å². The number of halogens is 2. The van der Waals surface area contributed by atoms with Gasteiger partial charge in [-0.2, -0.15) is 0 Å². The summed E-state index contributed by atoms with van der Waals surface area (Å²) in [5, 5.41) is 18.4. The first-order chi connectivity index (χ1) is 16.4. The zero-order chi connectivity index (χ0) is 24.9. The Morgan fingerprint density at radius 2 is 1.44 bits per heavy atom. The molecule has 1 unspecified atom stereocenters. The van der Waals surface area contributed by atoms with Crippen molar-refractivity contribution < 1.29 is 28.5 Å². The summed E-state index contributed by atoms with van der Waals surface area (Å²) in [5.41, 5.74) is 2.33. The van der Waals surface area contributed by atoms with Crippen LogP contribution in [-0.2, 0) is 22.4 Å². The summed E-state index contributed by atoms with van der Waals surface area (Å²) in [6.45, 7) is 4.89. The van der Waals surface area contributed by atoms with E-state index in [9.17, 15) is 18.7 Å². The number of unbranched alkanes of at least 4 members (excludes halogenated alkanes) is 2. The van der Waals surface area contributed by atoms with E-state index in [1.54, 1.807) is 24.3 Å². The van der Waals surface area contributed by atoms with Gasteiger partial charge in [0, 0.05) is 23.7 Å². The van der Waals surface area contributed by atoms with Crippen molar-refractivity contribution in [2.75, 3.05) is 19.8 Å². The van der Waals surface area contributed by atoms with Crippen molar-refractivity contribution in [2.45, 2.75) is 45.4 Å². The third kappa shape index (κ3) is 8.50. The molecule has 34 heavy (non-hydrogen) atoms. The number of aliphatic hydroxyl groups excluding tert-OH is 2. The molecule has 184 valence electrons. The number of rotatable bonds is 14. The Morgan fingerprint density at radius 3 is 1.91 bits per heavy atom. The largest absolute Gasteiger partial charge is 0.462 e. The molecule has 0 radical (unpaired) electrons. The fraction of sp³-hybridized carbons (Fsp3) is 0.393. The van der Waals surface area contributed by atoms with E-state index in [-0.39, 0.29) is 35.8 Å². The molecule has 2 rings (SSSR count). The van der Waals surface area contributed by atoms with Gasteiger partial charge in [0.2, 0.25) is 0 Å². The first kappa shape index (κ1) is 27.4. The highest BCUT2D eigenvalue weighted by Crippen LogP contribution is 2.29. The Bertz CT molecular complexity index is 949. The van der Waals surface area contributed by atoms with Gasteiger partial charge in [-0.15, -0.1) is 0 Å². The second-order valence-electron chi connectivity index (χ2n) is 8.43. The summed E-state index contributed by atoms with van der Waals surface area (Å²) >= 11 is 0. The Kier molecular flexibility index (Phi) is 11.6. The van der Waals surface area contributed by atoms with Crippen molar-refractivity contribution in [1.82, 2.24) is 0 Å². The number of benzene rings is 2. The summed E-state index contributed by atoms with van der Waals surface area (Å²) in [6.07, 6.45) is 5.40. The van der Waals surface area contributed by atoms with Gasteiger partial charge in [-0.25, -0.2) is 13.6 Å². The van der Waals surface area contributed by atoms with E-state index < -0.39 is 24.2 Å². The molecule has 0 bridgehead atoms. The Morgan fingerprint density at radius 1 is 0.912 bits per heavy atom. The predicted molar refractivity (Wildman–Crippen MR) is 131 cm³/mol. The topological polar surface area (TPSA) is 66.8 Å². The number of ether oxygens (including phenoxy) is 1. The smallest absolute Gasteiger partial charge is 0.335 e. The number of carbonyl (C=O) groups excluding carboxylic acids is 1. The lowest BCUT2D eigenvalue weighted by Gasteiger charge is -2.15. The Balaban J connectivity index is 1.95. The second kappa shape index (κ2) is 14.4. The molecule has 0 aromatic heterocycles. The van der Waals surface area contributed by atoms with Crippen molar-refractivity contribution in [3.8, 4) is 0 Å². The van der Waals surface area contributed by atoms with Crippen LogP contribution in [0.2, 0.25) is 0 Å². The minimum Gasteiger partial charge on any atom is -0.462 e. The van der Waals surface area contributed by atoms with Crippen LogP contribution in [0.4, 0.5) is 8.78 Å². The van der Waals surface area contributed by atoms with E-state index >= 15 is 0 Å². The van der Waals surface area contributed by atoms with Gasteiger partial charge >= 0.3 is 5.97 Å². The number of esters is 1. The SMILES string of the molecule is C=C(CO)C(=O)OCC(CO)CCc1ccc(/C(F)=C(\F)c2ccc(CCCCC)cc2)cc1. The number of hydrogen-bond acceptors (Lipinski definition) is 4. The minimum absolute atomic E-state index is 0.00636. The molecule has 0 heterocycles. The van der Waals surface area contributed by atoms with Gasteiger partial charge in [0.05, 0.1) is 18.8 Å². The normalized spacial score (nSPS) is 12.7. The van der Waals surface area contributed by atoms with Crippen LogP contribution in [0.15, 0.2) is 60.7 Å². The van der Waals surface area contributed by atoms with Crippen molar-refractivity contribution >= 4 is 17.6 Å². The summed E-state index contributed by atoms with van der Waals surface area (Å²) in [7, 11) is 0. The molecule has 2 aromatic carbocycles. The van der Waals surface area contributed by atoms with Gasteiger partial charge < -0.3 is 14.9 Å². The molecule has 0 aliphatic heterocycles. The van der Waals surface area contributed by atoms with Gasteiger partial charge in [-0.05, 0) is 36.8 Å². The number of aryl methyl sites for hydroxylation is 2. The fourth-order valence-electron chi connectivity index (χ4n) is 3.43. The standard InChI is InChI=1S/C28H34F2O4/c1-3-4-5-6-21-9-13-24(14-10-21)26(29)27(30)25-15-11-22(12-16-25)7-8-23(18-32)19-34-28(33)20(2)17-31/h9-16,23,31-32H,2-8,17-19H2,1H3/b27-26+. The van der Waals surface area contributed by atoms with Gasteiger partial charge in [0.1, 0.15) is 0 Å². The molecule has 4 nitrogen and oxygen atoms in total. The van der Waals surface area contributed by atoms with E-state index in [1.165, 1.54) is 12.1 Å². The van der Waals surface area contributed by atoms with Crippen LogP contribution >= 0.6 is 0 Å². The molecule has 0 amide bonds. The molecule has 0 fully saturated rings. The lowest BCUT2D eigenvalue weighted by Crippen LogP contribution is -2.19.